The van der Waals surface area contributed by atoms with Crippen molar-refractivity contribution in [2.24, 2.45) is 4.99 Å². The third-order valence-electron chi connectivity index (χ3n) is 3.09. The summed E-state index contributed by atoms with van der Waals surface area (Å²) in [6.45, 7) is 7.61. The van der Waals surface area contributed by atoms with E-state index >= 15 is 0 Å². The number of guanidine groups is 1. The summed E-state index contributed by atoms with van der Waals surface area (Å²) in [4.78, 5) is 15.3. The Labute approximate surface area is 158 Å². The number of hydrogen-bond donors (Lipinski definition) is 2. The van der Waals surface area contributed by atoms with Gasteiger partial charge in [0, 0.05) is 39.8 Å². The fraction of sp³-hybridized carbons (Fsp3) is 0.875. The van der Waals surface area contributed by atoms with Crippen LogP contribution in [0.3, 0.4) is 0 Å². The second-order valence-electron chi connectivity index (χ2n) is 4.95. The van der Waals surface area contributed by atoms with Crippen molar-refractivity contribution in [3.05, 3.63) is 0 Å². The van der Waals surface area contributed by atoms with Crippen LogP contribution in [-0.4, -0.2) is 51.9 Å². The molecule has 0 saturated carbocycles. The molecule has 23 heavy (non-hydrogen) atoms. The monoisotopic (exact) mass is 443 g/mol. The molecule has 0 rings (SSSR count). The lowest BCUT2D eigenvalue weighted by Crippen LogP contribution is -2.38. The van der Waals surface area contributed by atoms with Gasteiger partial charge in [-0.05, 0) is 33.1 Å². The standard InChI is InChI=1S/C16H33N3O3.HI/c1-4-21-14-10-13-19-16(17-3)18-12-9-7-6-8-11-15(20)22-5-2;/h4-14H2,1-3H3,(H2,17,18,19);1H. The number of carbonyl (C=O) groups is 1. The highest BCUT2D eigenvalue weighted by molar-refractivity contribution is 14.0. The molecule has 0 aliphatic rings. The molecule has 7 heteroatoms. The Kier molecular flexibility index (Phi) is 20.9. The Balaban J connectivity index is 0. The number of aliphatic imine (C=N–C) groups is 1. The second-order valence-corrected chi connectivity index (χ2v) is 4.95. The average Bonchev–Trinajstić information content (AvgIpc) is 2.52. The lowest BCUT2D eigenvalue weighted by Gasteiger charge is -2.11. The summed E-state index contributed by atoms with van der Waals surface area (Å²) in [6, 6.07) is 0. The van der Waals surface area contributed by atoms with Crippen molar-refractivity contribution in [3.8, 4) is 0 Å². The van der Waals surface area contributed by atoms with Gasteiger partial charge in [-0.25, -0.2) is 0 Å². The number of unbranched alkanes of at least 4 members (excludes halogenated alkanes) is 3. The van der Waals surface area contributed by atoms with E-state index in [1.54, 1.807) is 7.05 Å². The summed E-state index contributed by atoms with van der Waals surface area (Å²) in [6.07, 6.45) is 5.65. The first-order valence-corrected chi connectivity index (χ1v) is 8.42. The predicted octanol–water partition coefficient (Wildman–Crippen LogP) is 2.71. The van der Waals surface area contributed by atoms with Gasteiger partial charge in [0.25, 0.3) is 0 Å². The number of hydrogen-bond acceptors (Lipinski definition) is 4. The van der Waals surface area contributed by atoms with Crippen LogP contribution in [0.4, 0.5) is 0 Å². The van der Waals surface area contributed by atoms with Gasteiger partial charge >= 0.3 is 5.97 Å². The first-order chi connectivity index (χ1) is 10.7. The number of nitrogens with one attached hydrogen (secondary N) is 2. The molecular formula is C16H34IN3O3. The Hall–Kier alpha value is -0.570. The minimum atomic E-state index is -0.0859. The summed E-state index contributed by atoms with van der Waals surface area (Å²) in [5.74, 6) is 0.750. The highest BCUT2D eigenvalue weighted by Crippen LogP contribution is 2.03. The predicted molar refractivity (Wildman–Crippen MR) is 106 cm³/mol. The molecule has 0 aliphatic heterocycles. The van der Waals surface area contributed by atoms with E-state index in [0.717, 1.165) is 64.4 Å². The van der Waals surface area contributed by atoms with Crippen LogP contribution in [0.15, 0.2) is 4.99 Å². The molecular weight excluding hydrogens is 409 g/mol. The summed E-state index contributed by atoms with van der Waals surface area (Å²) < 4.78 is 10.2. The van der Waals surface area contributed by atoms with Crippen molar-refractivity contribution in [2.45, 2.75) is 52.4 Å². The average molecular weight is 443 g/mol. The van der Waals surface area contributed by atoms with Crippen LogP contribution < -0.4 is 10.6 Å². The molecule has 0 heterocycles. The van der Waals surface area contributed by atoms with E-state index in [4.69, 9.17) is 9.47 Å². The van der Waals surface area contributed by atoms with E-state index in [0.29, 0.717) is 13.0 Å². The van der Waals surface area contributed by atoms with Gasteiger partial charge in [0.05, 0.1) is 6.61 Å². The molecule has 0 spiro atoms. The molecule has 6 nitrogen and oxygen atoms in total. The van der Waals surface area contributed by atoms with Crippen LogP contribution in [-0.2, 0) is 14.3 Å². The van der Waals surface area contributed by atoms with Crippen molar-refractivity contribution in [1.82, 2.24) is 10.6 Å². The Morgan fingerprint density at radius 3 is 2.22 bits per heavy atom. The highest BCUT2D eigenvalue weighted by atomic mass is 127. The maximum absolute atomic E-state index is 11.2. The molecule has 0 saturated heterocycles. The van der Waals surface area contributed by atoms with Crippen LogP contribution in [0.1, 0.15) is 52.4 Å². The largest absolute Gasteiger partial charge is 0.466 e. The van der Waals surface area contributed by atoms with Crippen molar-refractivity contribution in [3.63, 3.8) is 0 Å². The van der Waals surface area contributed by atoms with Crippen molar-refractivity contribution in [2.75, 3.05) is 40.0 Å². The van der Waals surface area contributed by atoms with Crippen LogP contribution in [0.2, 0.25) is 0 Å². The smallest absolute Gasteiger partial charge is 0.305 e. The number of halogens is 1. The highest BCUT2D eigenvalue weighted by Gasteiger charge is 2.01. The fourth-order valence-corrected chi connectivity index (χ4v) is 1.93. The van der Waals surface area contributed by atoms with E-state index in [9.17, 15) is 4.79 Å². The Morgan fingerprint density at radius 2 is 1.61 bits per heavy atom. The first kappa shape index (κ1) is 24.7. The van der Waals surface area contributed by atoms with Gasteiger partial charge in [-0.3, -0.25) is 9.79 Å². The molecule has 0 radical (unpaired) electrons. The van der Waals surface area contributed by atoms with E-state index in [1.807, 2.05) is 13.8 Å². The topological polar surface area (TPSA) is 72.0 Å². The van der Waals surface area contributed by atoms with Gasteiger partial charge in [-0.2, -0.15) is 0 Å². The van der Waals surface area contributed by atoms with Crippen LogP contribution in [0.25, 0.3) is 0 Å². The fourth-order valence-electron chi connectivity index (χ4n) is 1.93. The van der Waals surface area contributed by atoms with Gasteiger partial charge in [0.15, 0.2) is 5.96 Å². The molecule has 0 atom stereocenters. The maximum atomic E-state index is 11.2. The minimum Gasteiger partial charge on any atom is -0.466 e. The Morgan fingerprint density at radius 1 is 0.957 bits per heavy atom. The molecule has 0 amide bonds. The van der Waals surface area contributed by atoms with Gasteiger partial charge in [-0.1, -0.05) is 12.8 Å². The first-order valence-electron chi connectivity index (χ1n) is 8.42. The summed E-state index contributed by atoms with van der Waals surface area (Å²) in [5, 5.41) is 6.54. The molecule has 0 aromatic carbocycles. The van der Waals surface area contributed by atoms with E-state index in [-0.39, 0.29) is 29.9 Å². The van der Waals surface area contributed by atoms with Crippen molar-refractivity contribution in [1.29, 1.82) is 0 Å². The molecule has 2 N–H and O–H groups in total. The molecule has 138 valence electrons. The van der Waals surface area contributed by atoms with Gasteiger partial charge < -0.3 is 20.1 Å². The van der Waals surface area contributed by atoms with Gasteiger partial charge in [-0.15, -0.1) is 24.0 Å². The molecule has 0 aliphatic carbocycles. The van der Waals surface area contributed by atoms with Gasteiger partial charge in [0.2, 0.25) is 0 Å². The Bertz CT molecular complexity index is 302. The zero-order valence-corrected chi connectivity index (χ0v) is 17.2. The second kappa shape index (κ2) is 19.5. The number of rotatable bonds is 13. The summed E-state index contributed by atoms with van der Waals surface area (Å²) in [5.41, 5.74) is 0. The third-order valence-corrected chi connectivity index (χ3v) is 3.09. The number of esters is 1. The zero-order chi connectivity index (χ0) is 16.5. The van der Waals surface area contributed by atoms with E-state index < -0.39 is 0 Å². The maximum Gasteiger partial charge on any atom is 0.305 e. The minimum absolute atomic E-state index is 0. The zero-order valence-electron chi connectivity index (χ0n) is 14.9. The third kappa shape index (κ3) is 17.6. The summed E-state index contributed by atoms with van der Waals surface area (Å²) >= 11 is 0. The lowest BCUT2D eigenvalue weighted by molar-refractivity contribution is -0.143. The van der Waals surface area contributed by atoms with Crippen molar-refractivity contribution >= 4 is 35.9 Å². The number of carbonyl (C=O) groups excluding carboxylic acids is 1. The van der Waals surface area contributed by atoms with E-state index in [1.165, 1.54) is 0 Å². The molecule has 0 unspecified atom stereocenters. The SMILES string of the molecule is CCOCCCNC(=NC)NCCCCCCC(=O)OCC.I. The van der Waals surface area contributed by atoms with Crippen LogP contribution >= 0.6 is 24.0 Å². The molecule has 0 fully saturated rings. The van der Waals surface area contributed by atoms with Crippen LogP contribution in [0.5, 0.6) is 0 Å². The quantitative estimate of drug-likeness (QED) is 0.151. The molecule has 0 bridgehead atoms. The number of nitrogens with zero attached hydrogens (tertiary/aromatic N) is 1. The van der Waals surface area contributed by atoms with Crippen LogP contribution in [0, 0.1) is 0 Å². The van der Waals surface area contributed by atoms with E-state index in [2.05, 4.69) is 15.6 Å². The summed E-state index contributed by atoms with van der Waals surface area (Å²) in [7, 11) is 1.78. The number of ether oxygens (including phenoxy) is 2. The molecule has 0 aromatic rings. The van der Waals surface area contributed by atoms with Gasteiger partial charge in [0.1, 0.15) is 0 Å². The molecule has 0 aromatic heterocycles. The van der Waals surface area contributed by atoms with Crippen molar-refractivity contribution < 1.29 is 14.3 Å². The normalized spacial score (nSPS) is 10.8. The lowest BCUT2D eigenvalue weighted by atomic mass is 10.1.